The minimum absolute atomic E-state index is 0.00259. The molecule has 1 aliphatic rings. The van der Waals surface area contributed by atoms with E-state index in [1.54, 1.807) is 12.1 Å². The Bertz CT molecular complexity index is 431. The maximum Gasteiger partial charge on any atom is 0.166 e. The maximum atomic E-state index is 12.3. The van der Waals surface area contributed by atoms with Gasteiger partial charge in [-0.15, -0.1) is 0 Å². The van der Waals surface area contributed by atoms with Crippen LogP contribution in [0.25, 0.3) is 0 Å². The van der Waals surface area contributed by atoms with Crippen LogP contribution >= 0.6 is 11.6 Å². The van der Waals surface area contributed by atoms with Crippen molar-refractivity contribution in [2.75, 3.05) is 13.8 Å². The van der Waals surface area contributed by atoms with Gasteiger partial charge in [-0.25, -0.2) is 0 Å². The van der Waals surface area contributed by atoms with Crippen LogP contribution in [0.3, 0.4) is 0 Å². The van der Waals surface area contributed by atoms with Gasteiger partial charge in [-0.2, -0.15) is 0 Å². The molecule has 4 heteroatoms. The number of fused-ring (bicyclic) bond motifs is 1. The minimum atomic E-state index is -0.463. The molecule has 0 radical (unpaired) electrons. The van der Waals surface area contributed by atoms with Crippen molar-refractivity contribution in [3.63, 3.8) is 0 Å². The zero-order valence-electron chi connectivity index (χ0n) is 8.93. The highest BCUT2D eigenvalue weighted by molar-refractivity contribution is 6.32. The summed E-state index contributed by atoms with van der Waals surface area (Å²) in [4.78, 5) is 11.9. The van der Waals surface area contributed by atoms with Crippen molar-refractivity contribution in [1.29, 1.82) is 0 Å². The van der Waals surface area contributed by atoms with Gasteiger partial charge in [-0.3, -0.25) is 9.18 Å². The average Bonchev–Trinajstić information content (AvgIpc) is 2.56. The predicted octanol–water partition coefficient (Wildman–Crippen LogP) is 3.06. The first-order valence-corrected chi connectivity index (χ1v) is 5.51. The molecule has 0 aliphatic heterocycles. The Morgan fingerprint density at radius 1 is 1.56 bits per heavy atom. The van der Waals surface area contributed by atoms with E-state index in [4.69, 9.17) is 16.3 Å². The summed E-state index contributed by atoms with van der Waals surface area (Å²) in [5.74, 6) is 0.328. The first-order chi connectivity index (χ1) is 7.67. The number of benzene rings is 1. The number of halogens is 2. The Labute approximate surface area is 98.4 Å². The second-order valence-electron chi connectivity index (χ2n) is 3.89. The molecule has 0 fully saturated rings. The Morgan fingerprint density at radius 2 is 2.31 bits per heavy atom. The Morgan fingerprint density at radius 3 is 2.94 bits per heavy atom. The molecule has 0 unspecified atom stereocenters. The van der Waals surface area contributed by atoms with Crippen molar-refractivity contribution in [2.24, 2.45) is 5.92 Å². The van der Waals surface area contributed by atoms with Crippen molar-refractivity contribution in [1.82, 2.24) is 0 Å². The molecule has 2 rings (SSSR count). The third-order valence-corrected chi connectivity index (χ3v) is 3.23. The fourth-order valence-electron chi connectivity index (χ4n) is 2.09. The topological polar surface area (TPSA) is 26.3 Å². The summed E-state index contributed by atoms with van der Waals surface area (Å²) in [6.07, 6.45) is 0.874. The number of hydrogen-bond donors (Lipinski definition) is 0. The number of rotatable bonds is 3. The van der Waals surface area contributed by atoms with Crippen molar-refractivity contribution in [3.05, 3.63) is 28.3 Å². The fourth-order valence-corrected chi connectivity index (χ4v) is 2.33. The summed E-state index contributed by atoms with van der Waals surface area (Å²) in [6, 6.07) is 3.39. The fraction of sp³-hybridized carbons (Fsp3) is 0.417. The molecule has 0 heterocycles. The van der Waals surface area contributed by atoms with Gasteiger partial charge in [0.05, 0.1) is 18.8 Å². The van der Waals surface area contributed by atoms with Gasteiger partial charge in [0.2, 0.25) is 0 Å². The number of alkyl halides is 1. The zero-order chi connectivity index (χ0) is 11.7. The lowest BCUT2D eigenvalue weighted by Crippen LogP contribution is -2.09. The van der Waals surface area contributed by atoms with E-state index in [1.807, 2.05) is 0 Å². The summed E-state index contributed by atoms with van der Waals surface area (Å²) in [6.45, 7) is -0.463. The SMILES string of the molecule is COc1cc2c(cc1Cl)C(=O)[C@H](CCF)C2. The van der Waals surface area contributed by atoms with Gasteiger partial charge in [-0.05, 0) is 30.5 Å². The third-order valence-electron chi connectivity index (χ3n) is 2.94. The molecule has 86 valence electrons. The predicted molar refractivity (Wildman–Crippen MR) is 60.1 cm³/mol. The van der Waals surface area contributed by atoms with Crippen LogP contribution in [0, 0.1) is 5.92 Å². The van der Waals surface area contributed by atoms with Gasteiger partial charge >= 0.3 is 0 Å². The van der Waals surface area contributed by atoms with Gasteiger partial charge in [0, 0.05) is 11.5 Å². The van der Waals surface area contributed by atoms with Crippen LogP contribution in [0.1, 0.15) is 22.3 Å². The molecule has 1 aliphatic carbocycles. The van der Waals surface area contributed by atoms with E-state index in [1.165, 1.54) is 7.11 Å². The summed E-state index contributed by atoms with van der Waals surface area (Å²) >= 11 is 5.95. The number of ketones is 1. The summed E-state index contributed by atoms with van der Waals surface area (Å²) in [5.41, 5.74) is 1.52. The number of hydrogen-bond acceptors (Lipinski definition) is 2. The van der Waals surface area contributed by atoms with E-state index >= 15 is 0 Å². The molecule has 0 spiro atoms. The van der Waals surface area contributed by atoms with E-state index in [0.717, 1.165) is 5.56 Å². The summed E-state index contributed by atoms with van der Waals surface area (Å²) in [5, 5.41) is 0.426. The summed E-state index contributed by atoms with van der Waals surface area (Å²) < 4.78 is 17.3. The molecule has 0 aromatic heterocycles. The van der Waals surface area contributed by atoms with Crippen LogP contribution < -0.4 is 4.74 Å². The van der Waals surface area contributed by atoms with Crippen LogP contribution in [0.5, 0.6) is 5.75 Å². The molecule has 0 bridgehead atoms. The normalized spacial score (nSPS) is 18.7. The van der Waals surface area contributed by atoms with E-state index in [9.17, 15) is 9.18 Å². The monoisotopic (exact) mass is 242 g/mol. The molecule has 0 amide bonds. The van der Waals surface area contributed by atoms with Crippen LogP contribution in [0.2, 0.25) is 5.02 Å². The maximum absolute atomic E-state index is 12.3. The number of ether oxygens (including phenoxy) is 1. The lowest BCUT2D eigenvalue weighted by atomic mass is 10.0. The molecule has 2 nitrogen and oxygen atoms in total. The van der Waals surface area contributed by atoms with Crippen LogP contribution in [0.4, 0.5) is 4.39 Å². The van der Waals surface area contributed by atoms with Crippen molar-refractivity contribution >= 4 is 17.4 Å². The van der Waals surface area contributed by atoms with Crippen LogP contribution in [-0.2, 0) is 6.42 Å². The third kappa shape index (κ3) is 1.80. The second-order valence-corrected chi connectivity index (χ2v) is 4.29. The quantitative estimate of drug-likeness (QED) is 0.814. The van der Waals surface area contributed by atoms with E-state index < -0.39 is 6.67 Å². The van der Waals surface area contributed by atoms with Crippen molar-refractivity contribution < 1.29 is 13.9 Å². The molecule has 1 aromatic rings. The number of carbonyl (C=O) groups is 1. The Hall–Kier alpha value is -1.09. The Balaban J connectivity index is 2.36. The molecule has 1 atom stereocenters. The number of carbonyl (C=O) groups excluding carboxylic acids is 1. The van der Waals surface area contributed by atoms with Crippen molar-refractivity contribution in [2.45, 2.75) is 12.8 Å². The van der Waals surface area contributed by atoms with E-state index in [-0.39, 0.29) is 18.1 Å². The van der Waals surface area contributed by atoms with Gasteiger partial charge in [-0.1, -0.05) is 11.6 Å². The smallest absolute Gasteiger partial charge is 0.166 e. The molecule has 0 saturated heterocycles. The van der Waals surface area contributed by atoms with Gasteiger partial charge in [0.15, 0.2) is 5.78 Å². The Kier molecular flexibility index (Phi) is 3.15. The first-order valence-electron chi connectivity index (χ1n) is 5.14. The van der Waals surface area contributed by atoms with Crippen LogP contribution in [-0.4, -0.2) is 19.6 Å². The molecular formula is C12H12ClFO2. The lowest BCUT2D eigenvalue weighted by molar-refractivity contribution is 0.0925. The lowest BCUT2D eigenvalue weighted by Gasteiger charge is -2.05. The largest absolute Gasteiger partial charge is 0.495 e. The van der Waals surface area contributed by atoms with E-state index in [0.29, 0.717) is 22.8 Å². The molecule has 16 heavy (non-hydrogen) atoms. The number of Topliss-reactive ketones (excluding diaryl/α,β-unsaturated/α-hetero) is 1. The molecular weight excluding hydrogens is 231 g/mol. The zero-order valence-corrected chi connectivity index (χ0v) is 9.68. The standard InChI is InChI=1S/C12H12ClFO2/c1-16-11-5-8-4-7(2-3-14)12(15)9(8)6-10(11)13/h5-7H,2-4H2,1H3/t7-/m1/s1. The van der Waals surface area contributed by atoms with Gasteiger partial charge in [0.25, 0.3) is 0 Å². The highest BCUT2D eigenvalue weighted by atomic mass is 35.5. The number of methoxy groups -OCH3 is 1. The van der Waals surface area contributed by atoms with Crippen molar-refractivity contribution in [3.8, 4) is 5.75 Å². The average molecular weight is 243 g/mol. The molecule has 1 aromatic carbocycles. The highest BCUT2D eigenvalue weighted by Gasteiger charge is 2.31. The summed E-state index contributed by atoms with van der Waals surface area (Å²) in [7, 11) is 1.53. The highest BCUT2D eigenvalue weighted by Crippen LogP contribution is 2.35. The van der Waals surface area contributed by atoms with E-state index in [2.05, 4.69) is 0 Å². The molecule has 0 N–H and O–H groups in total. The van der Waals surface area contributed by atoms with Gasteiger partial charge in [0.1, 0.15) is 5.75 Å². The minimum Gasteiger partial charge on any atom is -0.495 e. The first kappa shape index (κ1) is 11.4. The van der Waals surface area contributed by atoms with Gasteiger partial charge < -0.3 is 4.74 Å². The second kappa shape index (κ2) is 4.42. The van der Waals surface area contributed by atoms with Crippen LogP contribution in [0.15, 0.2) is 12.1 Å². The molecule has 0 saturated carbocycles.